The number of anilines is 1. The first kappa shape index (κ1) is 22.9. The molecule has 2 amide bonds. The van der Waals surface area contributed by atoms with Crippen molar-refractivity contribution in [3.8, 4) is 0 Å². The van der Waals surface area contributed by atoms with Crippen LogP contribution in [0.4, 0.5) is 10.6 Å². The van der Waals surface area contributed by atoms with Crippen molar-refractivity contribution in [3.63, 3.8) is 0 Å². The molecule has 1 fully saturated rings. The third kappa shape index (κ3) is 5.80. The van der Waals surface area contributed by atoms with Gasteiger partial charge in [-0.3, -0.25) is 0 Å². The maximum Gasteiger partial charge on any atom is 0.315 e. The van der Waals surface area contributed by atoms with E-state index in [9.17, 15) is 4.79 Å². The SMILES string of the molecule is CC1CCN(c2ccc(CNC(=O)NCc3ccc(Cn4cnc5ccccc54)cc3)cn2)CC1. The molecule has 0 atom stereocenters. The Balaban J connectivity index is 1.06. The molecular formula is C28H32N6O. The second kappa shape index (κ2) is 10.6. The molecule has 180 valence electrons. The Hall–Kier alpha value is -3.87. The Kier molecular flexibility index (Phi) is 6.93. The van der Waals surface area contributed by atoms with Crippen molar-refractivity contribution >= 4 is 22.9 Å². The van der Waals surface area contributed by atoms with Crippen molar-refractivity contribution < 1.29 is 4.79 Å². The van der Waals surface area contributed by atoms with Gasteiger partial charge >= 0.3 is 6.03 Å². The summed E-state index contributed by atoms with van der Waals surface area (Å²) in [5.74, 6) is 1.82. The molecule has 0 aliphatic carbocycles. The van der Waals surface area contributed by atoms with E-state index in [4.69, 9.17) is 0 Å². The molecule has 35 heavy (non-hydrogen) atoms. The Bertz CT molecular complexity index is 1260. The molecule has 2 N–H and O–H groups in total. The largest absolute Gasteiger partial charge is 0.357 e. The topological polar surface area (TPSA) is 75.1 Å². The summed E-state index contributed by atoms with van der Waals surface area (Å²) in [7, 11) is 0. The molecule has 2 aromatic carbocycles. The fourth-order valence-corrected chi connectivity index (χ4v) is 4.47. The van der Waals surface area contributed by atoms with Gasteiger partial charge in [-0.2, -0.15) is 0 Å². The maximum absolute atomic E-state index is 12.3. The predicted molar refractivity (Wildman–Crippen MR) is 139 cm³/mol. The molecule has 0 saturated carbocycles. The highest BCUT2D eigenvalue weighted by atomic mass is 16.2. The highest BCUT2D eigenvalue weighted by Crippen LogP contribution is 2.21. The van der Waals surface area contributed by atoms with Crippen LogP contribution in [0, 0.1) is 5.92 Å². The number of urea groups is 1. The van der Waals surface area contributed by atoms with Crippen LogP contribution >= 0.6 is 0 Å². The lowest BCUT2D eigenvalue weighted by Gasteiger charge is -2.31. The number of rotatable bonds is 7. The summed E-state index contributed by atoms with van der Waals surface area (Å²) < 4.78 is 2.14. The van der Waals surface area contributed by atoms with E-state index in [0.717, 1.165) is 53.5 Å². The third-order valence-corrected chi connectivity index (χ3v) is 6.73. The number of hydrogen-bond acceptors (Lipinski definition) is 4. The van der Waals surface area contributed by atoms with Gasteiger partial charge in [0.25, 0.3) is 0 Å². The lowest BCUT2D eigenvalue weighted by Crippen LogP contribution is -2.35. The zero-order chi connectivity index (χ0) is 24.0. The predicted octanol–water partition coefficient (Wildman–Crippen LogP) is 4.72. The normalized spacial score (nSPS) is 14.3. The zero-order valence-corrected chi connectivity index (χ0v) is 20.2. The van der Waals surface area contributed by atoms with E-state index in [2.05, 4.69) is 73.4 Å². The number of pyridine rings is 1. The van der Waals surface area contributed by atoms with Crippen LogP contribution in [0.25, 0.3) is 11.0 Å². The van der Waals surface area contributed by atoms with E-state index >= 15 is 0 Å². The van der Waals surface area contributed by atoms with Crippen LogP contribution in [0.1, 0.15) is 36.5 Å². The summed E-state index contributed by atoms with van der Waals surface area (Å²) in [6.45, 7) is 6.13. The lowest BCUT2D eigenvalue weighted by atomic mass is 9.99. The van der Waals surface area contributed by atoms with Crippen molar-refractivity contribution in [3.05, 3.63) is 89.9 Å². The Morgan fingerprint density at radius 1 is 0.886 bits per heavy atom. The summed E-state index contributed by atoms with van der Waals surface area (Å²) in [4.78, 5) is 23.7. The fraction of sp³-hybridized carbons (Fsp3) is 0.321. The Morgan fingerprint density at radius 3 is 2.31 bits per heavy atom. The molecule has 0 unspecified atom stereocenters. The van der Waals surface area contributed by atoms with Gasteiger partial charge in [-0.1, -0.05) is 49.4 Å². The quantitative estimate of drug-likeness (QED) is 0.412. The molecule has 7 nitrogen and oxygen atoms in total. The number of para-hydroxylation sites is 2. The highest BCUT2D eigenvalue weighted by molar-refractivity contribution is 5.75. The molecule has 3 heterocycles. The molecule has 7 heteroatoms. The van der Waals surface area contributed by atoms with E-state index in [1.807, 2.05) is 36.8 Å². The van der Waals surface area contributed by atoms with Gasteiger partial charge in [-0.15, -0.1) is 0 Å². The minimum absolute atomic E-state index is 0.187. The van der Waals surface area contributed by atoms with E-state index < -0.39 is 0 Å². The van der Waals surface area contributed by atoms with Crippen molar-refractivity contribution in [1.29, 1.82) is 0 Å². The Labute approximate surface area is 206 Å². The molecule has 0 spiro atoms. The van der Waals surface area contributed by atoms with Crippen LogP contribution in [0.2, 0.25) is 0 Å². The van der Waals surface area contributed by atoms with Crippen LogP contribution in [-0.4, -0.2) is 33.7 Å². The number of fused-ring (bicyclic) bond motifs is 1. The standard InChI is InChI=1S/C28H32N6O/c1-21-12-14-33(15-13-21)27-11-10-24(17-29-27)18-31-28(35)30-16-22-6-8-23(9-7-22)19-34-20-32-25-4-2-3-5-26(25)34/h2-11,17,20-21H,12-16,18-19H2,1H3,(H2,30,31,35). The van der Waals surface area contributed by atoms with Crippen molar-refractivity contribution in [2.45, 2.75) is 39.4 Å². The van der Waals surface area contributed by atoms with Crippen molar-refractivity contribution in [2.24, 2.45) is 5.92 Å². The lowest BCUT2D eigenvalue weighted by molar-refractivity contribution is 0.240. The van der Waals surface area contributed by atoms with Gasteiger partial charge in [0.1, 0.15) is 5.82 Å². The summed E-state index contributed by atoms with van der Waals surface area (Å²) in [6, 6.07) is 20.3. The molecule has 4 aromatic rings. The minimum Gasteiger partial charge on any atom is -0.357 e. The summed E-state index contributed by atoms with van der Waals surface area (Å²) in [5.41, 5.74) is 5.37. The molecule has 1 aliphatic heterocycles. The molecule has 1 saturated heterocycles. The van der Waals surface area contributed by atoms with E-state index in [-0.39, 0.29) is 6.03 Å². The van der Waals surface area contributed by atoms with Crippen LogP contribution < -0.4 is 15.5 Å². The van der Waals surface area contributed by atoms with Gasteiger partial charge in [-0.05, 0) is 53.6 Å². The average molecular weight is 469 g/mol. The van der Waals surface area contributed by atoms with Crippen molar-refractivity contribution in [1.82, 2.24) is 25.2 Å². The van der Waals surface area contributed by atoms with E-state index in [1.165, 1.54) is 18.4 Å². The second-order valence-corrected chi connectivity index (χ2v) is 9.41. The first-order chi connectivity index (χ1) is 17.1. The first-order valence-corrected chi connectivity index (χ1v) is 12.3. The van der Waals surface area contributed by atoms with Gasteiger partial charge in [0.15, 0.2) is 0 Å². The third-order valence-electron chi connectivity index (χ3n) is 6.73. The first-order valence-electron chi connectivity index (χ1n) is 12.3. The number of carbonyl (C=O) groups excluding carboxylic acids is 1. The van der Waals surface area contributed by atoms with Gasteiger partial charge in [0.05, 0.1) is 17.4 Å². The number of benzene rings is 2. The minimum atomic E-state index is -0.187. The second-order valence-electron chi connectivity index (χ2n) is 9.41. The van der Waals surface area contributed by atoms with Gasteiger partial charge in [0, 0.05) is 38.9 Å². The summed E-state index contributed by atoms with van der Waals surface area (Å²) in [5, 5.41) is 5.85. The maximum atomic E-state index is 12.3. The fourth-order valence-electron chi connectivity index (χ4n) is 4.47. The molecule has 0 bridgehead atoms. The number of aromatic nitrogens is 3. The van der Waals surface area contributed by atoms with Crippen LogP contribution in [-0.2, 0) is 19.6 Å². The number of piperidine rings is 1. The monoisotopic (exact) mass is 468 g/mol. The van der Waals surface area contributed by atoms with Crippen LogP contribution in [0.3, 0.4) is 0 Å². The zero-order valence-electron chi connectivity index (χ0n) is 20.2. The molecular weight excluding hydrogens is 436 g/mol. The van der Waals surface area contributed by atoms with Crippen molar-refractivity contribution in [2.75, 3.05) is 18.0 Å². The van der Waals surface area contributed by atoms with Gasteiger partial charge in [0.2, 0.25) is 0 Å². The number of nitrogens with one attached hydrogen (secondary N) is 2. The number of amides is 2. The van der Waals surface area contributed by atoms with Crippen LogP contribution in [0.15, 0.2) is 73.2 Å². The number of carbonyl (C=O) groups is 1. The van der Waals surface area contributed by atoms with Crippen LogP contribution in [0.5, 0.6) is 0 Å². The molecule has 0 radical (unpaired) electrons. The van der Waals surface area contributed by atoms with Gasteiger partial charge < -0.3 is 20.1 Å². The highest BCUT2D eigenvalue weighted by Gasteiger charge is 2.16. The number of imidazole rings is 1. The summed E-state index contributed by atoms with van der Waals surface area (Å²) in [6.07, 6.45) is 6.17. The molecule has 1 aliphatic rings. The molecule has 5 rings (SSSR count). The summed E-state index contributed by atoms with van der Waals surface area (Å²) >= 11 is 0. The Morgan fingerprint density at radius 2 is 1.57 bits per heavy atom. The van der Waals surface area contributed by atoms with E-state index in [1.54, 1.807) is 0 Å². The number of hydrogen-bond donors (Lipinski definition) is 2. The van der Waals surface area contributed by atoms with Gasteiger partial charge in [-0.25, -0.2) is 14.8 Å². The van der Waals surface area contributed by atoms with E-state index in [0.29, 0.717) is 13.1 Å². The average Bonchev–Trinajstić information content (AvgIpc) is 3.30. The number of nitrogens with zero attached hydrogens (tertiary/aromatic N) is 4. The molecule has 2 aromatic heterocycles. The smallest absolute Gasteiger partial charge is 0.315 e.